The SMILES string of the molecule is Cc1noc([C@H]2C[C@H](CNc3ncc4c(n3)CCCC4)[C@H](O)C2)n1. The van der Waals surface area contributed by atoms with E-state index in [1.165, 1.54) is 24.1 Å². The summed E-state index contributed by atoms with van der Waals surface area (Å²) in [6, 6.07) is 0. The van der Waals surface area contributed by atoms with Crippen molar-refractivity contribution >= 4 is 5.95 Å². The van der Waals surface area contributed by atoms with Gasteiger partial charge in [-0.3, -0.25) is 0 Å². The molecule has 0 bridgehead atoms. The molecule has 0 aliphatic heterocycles. The van der Waals surface area contributed by atoms with Crippen LogP contribution in [0.1, 0.15) is 54.6 Å². The molecule has 0 aromatic carbocycles. The zero-order valence-electron chi connectivity index (χ0n) is 13.9. The van der Waals surface area contributed by atoms with Gasteiger partial charge in [0.1, 0.15) is 0 Å². The summed E-state index contributed by atoms with van der Waals surface area (Å²) >= 11 is 0. The molecule has 0 spiro atoms. The summed E-state index contributed by atoms with van der Waals surface area (Å²) in [5.41, 5.74) is 2.45. The lowest BCUT2D eigenvalue weighted by atomic mass is 9.98. The number of aliphatic hydroxyl groups excluding tert-OH is 1. The van der Waals surface area contributed by atoms with Gasteiger partial charge in [0.15, 0.2) is 5.82 Å². The van der Waals surface area contributed by atoms with Gasteiger partial charge < -0.3 is 14.9 Å². The summed E-state index contributed by atoms with van der Waals surface area (Å²) in [4.78, 5) is 13.3. The molecule has 0 saturated heterocycles. The van der Waals surface area contributed by atoms with Crippen LogP contribution in [0, 0.1) is 12.8 Å². The molecule has 0 amide bonds. The fourth-order valence-corrected chi connectivity index (χ4v) is 3.79. The first kappa shape index (κ1) is 15.5. The van der Waals surface area contributed by atoms with Crippen molar-refractivity contribution in [1.29, 1.82) is 0 Å². The number of hydrogen-bond acceptors (Lipinski definition) is 7. The molecule has 2 heterocycles. The molecular weight excluding hydrogens is 306 g/mol. The van der Waals surface area contributed by atoms with E-state index in [4.69, 9.17) is 4.52 Å². The first-order valence-corrected chi connectivity index (χ1v) is 8.76. The van der Waals surface area contributed by atoms with E-state index in [9.17, 15) is 5.11 Å². The number of rotatable bonds is 4. The molecule has 2 aliphatic carbocycles. The molecule has 1 fully saturated rings. The number of fused-ring (bicyclic) bond motifs is 1. The van der Waals surface area contributed by atoms with Crippen molar-refractivity contribution in [2.75, 3.05) is 11.9 Å². The van der Waals surface area contributed by atoms with Crippen molar-refractivity contribution < 1.29 is 9.63 Å². The minimum absolute atomic E-state index is 0.137. The highest BCUT2D eigenvalue weighted by Crippen LogP contribution is 2.37. The monoisotopic (exact) mass is 329 g/mol. The van der Waals surface area contributed by atoms with Gasteiger partial charge in [-0.05, 0) is 51.0 Å². The van der Waals surface area contributed by atoms with Crippen molar-refractivity contribution in [1.82, 2.24) is 20.1 Å². The molecule has 0 radical (unpaired) electrons. The van der Waals surface area contributed by atoms with Gasteiger partial charge >= 0.3 is 0 Å². The van der Waals surface area contributed by atoms with Gasteiger partial charge in [-0.25, -0.2) is 9.97 Å². The summed E-state index contributed by atoms with van der Waals surface area (Å²) in [5, 5.41) is 17.5. The maximum atomic E-state index is 10.3. The van der Waals surface area contributed by atoms with Gasteiger partial charge in [0.2, 0.25) is 11.8 Å². The first-order chi connectivity index (χ1) is 11.7. The number of aromatic nitrogens is 4. The molecule has 1 saturated carbocycles. The van der Waals surface area contributed by atoms with Crippen LogP contribution in [-0.4, -0.2) is 37.9 Å². The highest BCUT2D eigenvalue weighted by molar-refractivity contribution is 5.31. The topological polar surface area (TPSA) is 97.0 Å². The van der Waals surface area contributed by atoms with Crippen LogP contribution in [-0.2, 0) is 12.8 Å². The van der Waals surface area contributed by atoms with Gasteiger partial charge in [0.05, 0.1) is 6.10 Å². The lowest BCUT2D eigenvalue weighted by Crippen LogP contribution is -2.23. The van der Waals surface area contributed by atoms with Crippen LogP contribution in [0.15, 0.2) is 10.7 Å². The molecule has 4 rings (SSSR count). The maximum absolute atomic E-state index is 10.3. The minimum Gasteiger partial charge on any atom is -0.393 e. The van der Waals surface area contributed by atoms with Crippen LogP contribution in [0.4, 0.5) is 5.95 Å². The van der Waals surface area contributed by atoms with Crippen LogP contribution >= 0.6 is 0 Å². The summed E-state index contributed by atoms with van der Waals surface area (Å²) in [6.07, 6.45) is 7.63. The molecule has 2 N–H and O–H groups in total. The quantitative estimate of drug-likeness (QED) is 0.885. The Morgan fingerprint density at radius 2 is 2.12 bits per heavy atom. The van der Waals surface area contributed by atoms with E-state index in [0.717, 1.165) is 19.3 Å². The van der Waals surface area contributed by atoms with Crippen LogP contribution in [0.5, 0.6) is 0 Å². The van der Waals surface area contributed by atoms with Crippen LogP contribution in [0.3, 0.4) is 0 Å². The minimum atomic E-state index is -0.368. The van der Waals surface area contributed by atoms with E-state index < -0.39 is 0 Å². The van der Waals surface area contributed by atoms with E-state index >= 15 is 0 Å². The predicted octanol–water partition coefficient (Wildman–Crippen LogP) is 2.01. The average Bonchev–Trinajstić information content (AvgIpc) is 3.18. The second-order valence-corrected chi connectivity index (χ2v) is 6.93. The Labute approximate surface area is 140 Å². The second kappa shape index (κ2) is 6.47. The lowest BCUT2D eigenvalue weighted by Gasteiger charge is -2.17. The number of hydrogen-bond donors (Lipinski definition) is 2. The van der Waals surface area contributed by atoms with Crippen molar-refractivity contribution in [2.45, 2.75) is 57.5 Å². The highest BCUT2D eigenvalue weighted by atomic mass is 16.5. The Morgan fingerprint density at radius 3 is 2.96 bits per heavy atom. The average molecular weight is 329 g/mol. The third-order valence-corrected chi connectivity index (χ3v) is 5.14. The molecule has 2 aromatic heterocycles. The zero-order chi connectivity index (χ0) is 16.5. The van der Waals surface area contributed by atoms with Gasteiger partial charge in [0.25, 0.3) is 0 Å². The van der Waals surface area contributed by atoms with E-state index in [-0.39, 0.29) is 17.9 Å². The molecule has 7 heteroatoms. The fraction of sp³-hybridized carbons (Fsp3) is 0.647. The summed E-state index contributed by atoms with van der Waals surface area (Å²) in [6.45, 7) is 2.47. The molecular formula is C17H23N5O2. The van der Waals surface area contributed by atoms with Crippen molar-refractivity contribution in [2.24, 2.45) is 5.92 Å². The number of aryl methyl sites for hydroxylation is 3. The molecule has 2 aromatic rings. The standard InChI is InChI=1S/C17H23N5O2/c1-10-20-16(24-22-10)12-6-13(15(23)7-12)9-19-17-18-8-11-4-2-3-5-14(11)21-17/h8,12-13,15,23H,2-7,9H2,1H3,(H,18,19,21)/t12-,13+,15+/m0/s1. The normalized spacial score (nSPS) is 26.3. The lowest BCUT2D eigenvalue weighted by molar-refractivity contribution is 0.137. The maximum Gasteiger partial charge on any atom is 0.229 e. The van der Waals surface area contributed by atoms with Crippen LogP contribution in [0.2, 0.25) is 0 Å². The molecule has 0 unspecified atom stereocenters. The largest absolute Gasteiger partial charge is 0.393 e. The summed E-state index contributed by atoms with van der Waals surface area (Å²) in [7, 11) is 0. The van der Waals surface area contributed by atoms with Crippen molar-refractivity contribution in [3.63, 3.8) is 0 Å². The smallest absolute Gasteiger partial charge is 0.229 e. The molecule has 128 valence electrons. The number of aliphatic hydroxyl groups is 1. The van der Waals surface area contributed by atoms with Crippen LogP contribution in [0.25, 0.3) is 0 Å². The van der Waals surface area contributed by atoms with Gasteiger partial charge in [0, 0.05) is 30.3 Å². The van der Waals surface area contributed by atoms with Gasteiger partial charge in [-0.1, -0.05) is 5.16 Å². The van der Waals surface area contributed by atoms with E-state index in [0.29, 0.717) is 30.6 Å². The second-order valence-electron chi connectivity index (χ2n) is 6.93. The van der Waals surface area contributed by atoms with Crippen molar-refractivity contribution in [3.8, 4) is 0 Å². The van der Waals surface area contributed by atoms with Gasteiger partial charge in [-0.15, -0.1) is 0 Å². The van der Waals surface area contributed by atoms with Gasteiger partial charge in [-0.2, -0.15) is 4.98 Å². The predicted molar refractivity (Wildman–Crippen MR) is 87.7 cm³/mol. The number of nitrogens with zero attached hydrogens (tertiary/aromatic N) is 4. The molecule has 2 aliphatic rings. The fourth-order valence-electron chi connectivity index (χ4n) is 3.79. The highest BCUT2D eigenvalue weighted by Gasteiger charge is 2.36. The van der Waals surface area contributed by atoms with E-state index in [1.54, 1.807) is 0 Å². The third-order valence-electron chi connectivity index (χ3n) is 5.14. The Morgan fingerprint density at radius 1 is 1.25 bits per heavy atom. The van der Waals surface area contributed by atoms with E-state index in [1.807, 2.05) is 13.1 Å². The molecule has 3 atom stereocenters. The Balaban J connectivity index is 1.37. The molecule has 7 nitrogen and oxygen atoms in total. The van der Waals surface area contributed by atoms with Crippen LogP contribution < -0.4 is 5.32 Å². The zero-order valence-corrected chi connectivity index (χ0v) is 13.9. The molecule has 24 heavy (non-hydrogen) atoms. The first-order valence-electron chi connectivity index (χ1n) is 8.76. The number of anilines is 1. The summed E-state index contributed by atoms with van der Waals surface area (Å²) in [5.74, 6) is 2.22. The Kier molecular flexibility index (Phi) is 4.18. The van der Waals surface area contributed by atoms with Crippen molar-refractivity contribution in [3.05, 3.63) is 29.2 Å². The number of nitrogens with one attached hydrogen (secondary N) is 1. The van der Waals surface area contributed by atoms with E-state index in [2.05, 4.69) is 25.4 Å². The summed E-state index contributed by atoms with van der Waals surface area (Å²) < 4.78 is 5.25. The Bertz CT molecular complexity index is 717. The Hall–Kier alpha value is -2.02. The third kappa shape index (κ3) is 3.13.